The molecule has 0 saturated carbocycles. The Morgan fingerprint density at radius 2 is 2.05 bits per heavy atom. The fourth-order valence-corrected chi connectivity index (χ4v) is 1.58. The Kier molecular flexibility index (Phi) is 5.66. The number of rotatable bonds is 8. The van der Waals surface area contributed by atoms with Crippen LogP contribution < -0.4 is 5.32 Å². The van der Waals surface area contributed by atoms with Crippen LogP contribution in [0.5, 0.6) is 0 Å². The maximum absolute atomic E-state index is 11.6. The number of hydrogen-bond acceptors (Lipinski definition) is 5. The van der Waals surface area contributed by atoms with Crippen LogP contribution >= 0.6 is 0 Å². The summed E-state index contributed by atoms with van der Waals surface area (Å²) in [5.41, 5.74) is -1.25. The van der Waals surface area contributed by atoms with Gasteiger partial charge in [0.15, 0.2) is 5.82 Å². The Balaban J connectivity index is 2.33. The molecule has 0 spiro atoms. The van der Waals surface area contributed by atoms with E-state index in [0.717, 1.165) is 12.8 Å². The molecule has 1 rings (SSSR count). The molecule has 1 aromatic heterocycles. The van der Waals surface area contributed by atoms with Crippen molar-refractivity contribution in [2.24, 2.45) is 0 Å². The first-order chi connectivity index (χ1) is 9.35. The lowest BCUT2D eigenvalue weighted by molar-refractivity contribution is -0.146. The van der Waals surface area contributed by atoms with E-state index in [-0.39, 0.29) is 12.3 Å². The quantitative estimate of drug-likeness (QED) is 0.745. The number of amides is 1. The zero-order valence-corrected chi connectivity index (χ0v) is 12.1. The lowest BCUT2D eigenvalue weighted by atomic mass is 10.1. The van der Waals surface area contributed by atoms with Gasteiger partial charge in [-0.25, -0.2) is 4.79 Å². The molecule has 0 radical (unpaired) electrons. The summed E-state index contributed by atoms with van der Waals surface area (Å²) >= 11 is 0. The molecule has 7 heteroatoms. The first-order valence-electron chi connectivity index (χ1n) is 6.71. The van der Waals surface area contributed by atoms with Gasteiger partial charge in [-0.1, -0.05) is 12.1 Å². The summed E-state index contributed by atoms with van der Waals surface area (Å²) in [7, 11) is 0. The van der Waals surface area contributed by atoms with E-state index in [1.54, 1.807) is 0 Å². The summed E-state index contributed by atoms with van der Waals surface area (Å²) in [4.78, 5) is 26.7. The van der Waals surface area contributed by atoms with Crippen LogP contribution in [0.3, 0.4) is 0 Å². The summed E-state index contributed by atoms with van der Waals surface area (Å²) < 4.78 is 5.05. The van der Waals surface area contributed by atoms with Gasteiger partial charge in [0.1, 0.15) is 5.54 Å². The summed E-state index contributed by atoms with van der Waals surface area (Å²) in [6.07, 6.45) is 3.00. The molecule has 1 heterocycles. The van der Waals surface area contributed by atoms with E-state index in [9.17, 15) is 9.59 Å². The van der Waals surface area contributed by atoms with Gasteiger partial charge in [-0.2, -0.15) is 4.98 Å². The summed E-state index contributed by atoms with van der Waals surface area (Å²) in [6, 6.07) is 0. The highest BCUT2D eigenvalue weighted by molar-refractivity contribution is 5.86. The average molecular weight is 283 g/mol. The number of aromatic nitrogens is 2. The number of nitrogens with zero attached hydrogens (tertiary/aromatic N) is 2. The van der Waals surface area contributed by atoms with Crippen molar-refractivity contribution >= 4 is 11.9 Å². The van der Waals surface area contributed by atoms with Crippen LogP contribution in [0.15, 0.2) is 4.52 Å². The second-order valence-electron chi connectivity index (χ2n) is 5.19. The number of nitrogens with one attached hydrogen (secondary N) is 1. The van der Waals surface area contributed by atoms with Gasteiger partial charge in [-0.05, 0) is 26.7 Å². The number of aryl methyl sites for hydroxylation is 2. The maximum Gasteiger partial charge on any atom is 0.328 e. The van der Waals surface area contributed by atoms with E-state index in [2.05, 4.69) is 15.5 Å². The molecule has 20 heavy (non-hydrogen) atoms. The van der Waals surface area contributed by atoms with Crippen molar-refractivity contribution in [1.29, 1.82) is 0 Å². The zero-order chi connectivity index (χ0) is 15.2. The van der Waals surface area contributed by atoms with Gasteiger partial charge in [0.25, 0.3) is 0 Å². The lowest BCUT2D eigenvalue weighted by Gasteiger charge is -2.20. The van der Waals surface area contributed by atoms with Crippen LogP contribution in [0.25, 0.3) is 0 Å². The standard InChI is InChI=1S/C13H21N3O4/c1-4-6-9-14-11(20-16-9)8-5-7-10(17)15-13(2,3)12(18)19/h4-8H2,1-3H3,(H,15,17)(H,18,19). The van der Waals surface area contributed by atoms with Gasteiger partial charge in [0.05, 0.1) is 0 Å². The molecular formula is C13H21N3O4. The van der Waals surface area contributed by atoms with Gasteiger partial charge < -0.3 is 14.9 Å². The predicted octanol–water partition coefficient (Wildman–Crippen LogP) is 1.32. The normalized spacial score (nSPS) is 11.3. The van der Waals surface area contributed by atoms with Gasteiger partial charge >= 0.3 is 5.97 Å². The molecule has 7 nitrogen and oxygen atoms in total. The highest BCUT2D eigenvalue weighted by Crippen LogP contribution is 2.07. The van der Waals surface area contributed by atoms with Crippen LogP contribution in [-0.4, -0.2) is 32.7 Å². The highest BCUT2D eigenvalue weighted by atomic mass is 16.5. The minimum Gasteiger partial charge on any atom is -0.480 e. The monoisotopic (exact) mass is 283 g/mol. The summed E-state index contributed by atoms with van der Waals surface area (Å²) in [5, 5.41) is 15.2. The summed E-state index contributed by atoms with van der Waals surface area (Å²) in [5.74, 6) is -0.171. The fraction of sp³-hybridized carbons (Fsp3) is 0.692. The van der Waals surface area contributed by atoms with E-state index < -0.39 is 11.5 Å². The van der Waals surface area contributed by atoms with E-state index >= 15 is 0 Å². The number of aliphatic carboxylic acids is 1. The fourth-order valence-electron chi connectivity index (χ4n) is 1.58. The number of carboxylic acids is 1. The third-order valence-corrected chi connectivity index (χ3v) is 2.76. The average Bonchev–Trinajstić information content (AvgIpc) is 2.76. The van der Waals surface area contributed by atoms with Crippen molar-refractivity contribution in [1.82, 2.24) is 15.5 Å². The largest absolute Gasteiger partial charge is 0.480 e. The molecule has 0 aliphatic heterocycles. The third kappa shape index (κ3) is 4.99. The van der Waals surface area contributed by atoms with Crippen molar-refractivity contribution in [3.05, 3.63) is 11.7 Å². The molecule has 0 fully saturated rings. The van der Waals surface area contributed by atoms with Crippen LogP contribution in [0.4, 0.5) is 0 Å². The van der Waals surface area contributed by atoms with Gasteiger partial charge in [0.2, 0.25) is 11.8 Å². The van der Waals surface area contributed by atoms with Crippen molar-refractivity contribution in [3.63, 3.8) is 0 Å². The molecule has 112 valence electrons. The Bertz CT molecular complexity index is 468. The van der Waals surface area contributed by atoms with Crippen molar-refractivity contribution < 1.29 is 19.2 Å². The van der Waals surface area contributed by atoms with Gasteiger partial charge in [0, 0.05) is 19.3 Å². The van der Waals surface area contributed by atoms with Crippen LogP contribution in [0.2, 0.25) is 0 Å². The van der Waals surface area contributed by atoms with Crippen LogP contribution in [0, 0.1) is 0 Å². The number of carbonyl (C=O) groups is 2. The smallest absolute Gasteiger partial charge is 0.328 e. The van der Waals surface area contributed by atoms with E-state index in [4.69, 9.17) is 9.63 Å². The second kappa shape index (κ2) is 7.02. The van der Waals surface area contributed by atoms with E-state index in [0.29, 0.717) is 24.6 Å². The Morgan fingerprint density at radius 1 is 1.35 bits per heavy atom. The van der Waals surface area contributed by atoms with E-state index in [1.807, 2.05) is 6.92 Å². The molecule has 1 aromatic rings. The number of hydrogen-bond donors (Lipinski definition) is 2. The third-order valence-electron chi connectivity index (χ3n) is 2.76. The van der Waals surface area contributed by atoms with Crippen molar-refractivity contribution in [2.45, 2.75) is 58.4 Å². The second-order valence-corrected chi connectivity index (χ2v) is 5.19. The first kappa shape index (κ1) is 16.1. The van der Waals surface area contributed by atoms with Crippen molar-refractivity contribution in [2.75, 3.05) is 0 Å². The zero-order valence-electron chi connectivity index (χ0n) is 12.1. The molecule has 2 N–H and O–H groups in total. The molecule has 0 aliphatic rings. The SMILES string of the molecule is CCCc1noc(CCCC(=O)NC(C)(C)C(=O)O)n1. The minimum atomic E-state index is -1.25. The molecule has 1 amide bonds. The molecule has 0 saturated heterocycles. The molecule has 0 atom stereocenters. The molecule has 0 aromatic carbocycles. The van der Waals surface area contributed by atoms with Crippen LogP contribution in [0.1, 0.15) is 51.7 Å². The van der Waals surface area contributed by atoms with Crippen LogP contribution in [-0.2, 0) is 22.4 Å². The summed E-state index contributed by atoms with van der Waals surface area (Å²) in [6.45, 7) is 4.93. The Morgan fingerprint density at radius 3 is 2.65 bits per heavy atom. The molecular weight excluding hydrogens is 262 g/mol. The van der Waals surface area contributed by atoms with Gasteiger partial charge in [-0.15, -0.1) is 0 Å². The Labute approximate surface area is 117 Å². The van der Waals surface area contributed by atoms with E-state index in [1.165, 1.54) is 13.8 Å². The van der Waals surface area contributed by atoms with Gasteiger partial charge in [-0.3, -0.25) is 4.79 Å². The molecule has 0 bridgehead atoms. The lowest BCUT2D eigenvalue weighted by Crippen LogP contribution is -2.49. The predicted molar refractivity (Wildman–Crippen MR) is 71.1 cm³/mol. The first-order valence-corrected chi connectivity index (χ1v) is 6.71. The number of carbonyl (C=O) groups excluding carboxylic acids is 1. The minimum absolute atomic E-state index is 0.224. The van der Waals surface area contributed by atoms with Crippen molar-refractivity contribution in [3.8, 4) is 0 Å². The Hall–Kier alpha value is -1.92. The molecule has 0 aliphatic carbocycles. The maximum atomic E-state index is 11.6. The topological polar surface area (TPSA) is 105 Å². The molecule has 0 unspecified atom stereocenters. The highest BCUT2D eigenvalue weighted by Gasteiger charge is 2.28. The number of carboxylic acid groups (broad SMARTS) is 1.